The number of fused-ring (bicyclic) bond motifs is 1. The zero-order chi connectivity index (χ0) is 23.8. The monoisotopic (exact) mass is 453 g/mol. The number of hydrogen-bond donors (Lipinski definition) is 3. The van der Waals surface area contributed by atoms with E-state index < -0.39 is 23.8 Å². The van der Waals surface area contributed by atoms with Crippen molar-refractivity contribution in [2.24, 2.45) is 0 Å². The van der Waals surface area contributed by atoms with Gasteiger partial charge in [0.25, 0.3) is 5.91 Å². The molecule has 0 radical (unpaired) electrons. The van der Waals surface area contributed by atoms with Gasteiger partial charge in [-0.15, -0.1) is 0 Å². The maximum Gasteiger partial charge on any atom is 0.310 e. The molecule has 1 aliphatic heterocycles. The number of ether oxygens (including phenoxy) is 1. The molecule has 2 aromatic carbocycles. The van der Waals surface area contributed by atoms with Crippen LogP contribution in [0.5, 0.6) is 5.75 Å². The quantitative estimate of drug-likeness (QED) is 0.458. The Hall–Kier alpha value is -3.90. The number of carbonyl (C=O) groups is 3. The third-order valence-corrected chi connectivity index (χ3v) is 4.92. The topological polar surface area (TPSA) is 108 Å². The fraction of sp³-hybridized carbons (Fsp3) is 0.292. The number of halogens is 1. The van der Waals surface area contributed by atoms with E-state index in [4.69, 9.17) is 9.84 Å². The molecule has 0 aromatic heterocycles. The summed E-state index contributed by atoms with van der Waals surface area (Å²) in [5.74, 6) is 3.46. The van der Waals surface area contributed by atoms with E-state index >= 15 is 0 Å². The highest BCUT2D eigenvalue weighted by Crippen LogP contribution is 2.31. The van der Waals surface area contributed by atoms with E-state index in [-0.39, 0.29) is 25.6 Å². The highest BCUT2D eigenvalue weighted by molar-refractivity contribution is 6.35. The van der Waals surface area contributed by atoms with Crippen molar-refractivity contribution in [1.82, 2.24) is 10.6 Å². The van der Waals surface area contributed by atoms with Crippen molar-refractivity contribution in [3.05, 3.63) is 59.4 Å². The third-order valence-electron chi connectivity index (χ3n) is 4.92. The van der Waals surface area contributed by atoms with Gasteiger partial charge in [0, 0.05) is 25.6 Å². The second-order valence-corrected chi connectivity index (χ2v) is 7.33. The van der Waals surface area contributed by atoms with Gasteiger partial charge >= 0.3 is 11.8 Å². The van der Waals surface area contributed by atoms with E-state index in [1.807, 2.05) is 0 Å². The lowest BCUT2D eigenvalue weighted by Crippen LogP contribution is -2.53. The first kappa shape index (κ1) is 23.8. The summed E-state index contributed by atoms with van der Waals surface area (Å²) in [6, 6.07) is 9.98. The molecule has 172 valence electrons. The van der Waals surface area contributed by atoms with E-state index in [0.29, 0.717) is 35.4 Å². The summed E-state index contributed by atoms with van der Waals surface area (Å²) in [5.41, 5.74) is 1.81. The molecule has 0 fully saturated rings. The van der Waals surface area contributed by atoms with E-state index in [1.54, 1.807) is 37.4 Å². The Morgan fingerprint density at radius 2 is 2.06 bits per heavy atom. The molecule has 3 rings (SSSR count). The Morgan fingerprint density at radius 3 is 2.82 bits per heavy atom. The molecule has 0 saturated heterocycles. The number of amides is 3. The smallest absolute Gasteiger partial charge is 0.310 e. The van der Waals surface area contributed by atoms with Crippen LogP contribution >= 0.6 is 0 Å². The average molecular weight is 453 g/mol. The number of benzene rings is 2. The zero-order valence-corrected chi connectivity index (χ0v) is 18.1. The van der Waals surface area contributed by atoms with Crippen LogP contribution < -0.4 is 20.3 Å². The molecule has 1 atom stereocenters. The number of aliphatic hydroxyl groups excluding tert-OH is 1. The van der Waals surface area contributed by atoms with Crippen molar-refractivity contribution < 1.29 is 28.6 Å². The Balaban J connectivity index is 1.58. The Labute approximate surface area is 190 Å². The van der Waals surface area contributed by atoms with Crippen LogP contribution in [0.2, 0.25) is 0 Å². The second-order valence-electron chi connectivity index (χ2n) is 7.33. The predicted octanol–water partition coefficient (Wildman–Crippen LogP) is 0.759. The van der Waals surface area contributed by atoms with Crippen LogP contribution in [0.15, 0.2) is 42.5 Å². The summed E-state index contributed by atoms with van der Waals surface area (Å²) < 4.78 is 18.9. The number of aliphatic hydroxyl groups is 1. The van der Waals surface area contributed by atoms with Gasteiger partial charge in [0.05, 0.1) is 12.3 Å². The van der Waals surface area contributed by atoms with Crippen LogP contribution in [-0.2, 0) is 20.8 Å². The minimum absolute atomic E-state index is 0.0425. The van der Waals surface area contributed by atoms with Crippen LogP contribution in [0, 0.1) is 17.7 Å². The molecule has 2 aromatic rings. The standard InChI is InChI=1S/C24H24FN3O5/c1-28-20-14-16(5-2-3-12-29)8-9-21(20)33-15-19(24(28)32)27-23(31)22(30)26-11-10-17-6-4-7-18(25)13-17/h4,6-9,13-14,19,29H,3,10-12,15H2,1H3,(H,26,30)(H,27,31)/t19-/m0/s1. The van der Waals surface area contributed by atoms with Gasteiger partial charge in [-0.3, -0.25) is 14.4 Å². The number of nitrogens with zero attached hydrogens (tertiary/aromatic N) is 1. The lowest BCUT2D eigenvalue weighted by molar-refractivity contribution is -0.140. The van der Waals surface area contributed by atoms with Crippen molar-refractivity contribution in [2.75, 3.05) is 31.7 Å². The summed E-state index contributed by atoms with van der Waals surface area (Å²) >= 11 is 0. The van der Waals surface area contributed by atoms with Crippen LogP contribution in [0.25, 0.3) is 0 Å². The summed E-state index contributed by atoms with van der Waals surface area (Å²) in [7, 11) is 1.54. The highest BCUT2D eigenvalue weighted by atomic mass is 19.1. The highest BCUT2D eigenvalue weighted by Gasteiger charge is 2.32. The van der Waals surface area contributed by atoms with Gasteiger partial charge in [0.1, 0.15) is 24.2 Å². The number of hydrogen-bond acceptors (Lipinski definition) is 5. The zero-order valence-electron chi connectivity index (χ0n) is 18.1. The molecule has 1 aliphatic rings. The number of likely N-dealkylation sites (N-methyl/N-ethyl adjacent to an activating group) is 1. The molecule has 33 heavy (non-hydrogen) atoms. The number of carbonyl (C=O) groups excluding carboxylic acids is 3. The van der Waals surface area contributed by atoms with E-state index in [9.17, 15) is 18.8 Å². The van der Waals surface area contributed by atoms with Crippen molar-refractivity contribution in [2.45, 2.75) is 18.9 Å². The minimum atomic E-state index is -1.06. The third kappa shape index (κ3) is 6.30. The lowest BCUT2D eigenvalue weighted by Gasteiger charge is -2.20. The fourth-order valence-electron chi connectivity index (χ4n) is 3.22. The summed E-state index contributed by atoms with van der Waals surface area (Å²) in [6.07, 6.45) is 0.685. The maximum absolute atomic E-state index is 13.2. The molecule has 8 nitrogen and oxygen atoms in total. The second kappa shape index (κ2) is 11.1. The Morgan fingerprint density at radius 1 is 1.24 bits per heavy atom. The Bertz CT molecular complexity index is 1110. The van der Waals surface area contributed by atoms with E-state index in [2.05, 4.69) is 22.5 Å². The van der Waals surface area contributed by atoms with E-state index in [0.717, 1.165) is 0 Å². The van der Waals surface area contributed by atoms with Gasteiger partial charge < -0.3 is 25.4 Å². The van der Waals surface area contributed by atoms with Crippen LogP contribution in [0.3, 0.4) is 0 Å². The fourth-order valence-corrected chi connectivity index (χ4v) is 3.22. The summed E-state index contributed by atoms with van der Waals surface area (Å²) in [5, 5.41) is 13.7. The minimum Gasteiger partial charge on any atom is -0.489 e. The molecule has 0 aliphatic carbocycles. The van der Waals surface area contributed by atoms with Gasteiger partial charge in [0.15, 0.2) is 0 Å². The van der Waals surface area contributed by atoms with Gasteiger partial charge in [-0.25, -0.2) is 4.39 Å². The molecule has 3 N–H and O–H groups in total. The van der Waals surface area contributed by atoms with Crippen LogP contribution in [-0.4, -0.2) is 55.7 Å². The first-order valence-corrected chi connectivity index (χ1v) is 10.4. The van der Waals surface area contributed by atoms with Gasteiger partial charge in [-0.1, -0.05) is 24.0 Å². The molecule has 3 amide bonds. The van der Waals surface area contributed by atoms with Gasteiger partial charge in [-0.2, -0.15) is 0 Å². The number of nitrogens with one attached hydrogen (secondary N) is 2. The predicted molar refractivity (Wildman–Crippen MR) is 119 cm³/mol. The first-order valence-electron chi connectivity index (χ1n) is 10.4. The molecule has 0 bridgehead atoms. The molecule has 0 unspecified atom stereocenters. The molecule has 0 spiro atoms. The van der Waals surface area contributed by atoms with Crippen LogP contribution in [0.4, 0.5) is 10.1 Å². The molecule has 1 heterocycles. The Kier molecular flexibility index (Phi) is 8.00. The summed E-state index contributed by atoms with van der Waals surface area (Å²) in [6.45, 7) is -0.0521. The largest absolute Gasteiger partial charge is 0.489 e. The van der Waals surface area contributed by atoms with Crippen molar-refractivity contribution in [3.63, 3.8) is 0 Å². The lowest BCUT2D eigenvalue weighted by atomic mass is 10.1. The maximum atomic E-state index is 13.2. The van der Waals surface area contributed by atoms with Gasteiger partial charge in [0.2, 0.25) is 0 Å². The van der Waals surface area contributed by atoms with Gasteiger partial charge in [-0.05, 0) is 42.3 Å². The molecule has 0 saturated carbocycles. The molecular weight excluding hydrogens is 429 g/mol. The number of rotatable bonds is 5. The van der Waals surface area contributed by atoms with Crippen molar-refractivity contribution in [3.8, 4) is 17.6 Å². The van der Waals surface area contributed by atoms with E-state index in [1.165, 1.54) is 17.0 Å². The SMILES string of the molecule is CN1C(=O)[C@@H](NC(=O)C(=O)NCCc2cccc(F)c2)COc2ccc(C#CCCO)cc21. The molecular formula is C24H24FN3O5. The average Bonchev–Trinajstić information content (AvgIpc) is 2.91. The summed E-state index contributed by atoms with van der Waals surface area (Å²) in [4.78, 5) is 38.6. The number of anilines is 1. The van der Waals surface area contributed by atoms with Crippen molar-refractivity contribution in [1.29, 1.82) is 0 Å². The van der Waals surface area contributed by atoms with Crippen molar-refractivity contribution >= 4 is 23.4 Å². The molecule has 9 heteroatoms. The van der Waals surface area contributed by atoms with Crippen LogP contribution in [0.1, 0.15) is 17.5 Å². The first-order chi connectivity index (χ1) is 15.9. The normalized spacial score (nSPS) is 14.8.